The molecule has 3 rings (SSSR count). The first-order valence-electron chi connectivity index (χ1n) is 8.30. The number of hydrazone groups is 1. The number of rotatable bonds is 4. The number of aryl methyl sites for hydroxylation is 2. The van der Waals surface area contributed by atoms with Gasteiger partial charge in [0.25, 0.3) is 5.91 Å². The fourth-order valence-electron chi connectivity index (χ4n) is 2.84. The summed E-state index contributed by atoms with van der Waals surface area (Å²) in [6.45, 7) is 5.90. The molecule has 0 saturated heterocycles. The molecular weight excluding hydrogens is 329 g/mol. The summed E-state index contributed by atoms with van der Waals surface area (Å²) in [6.07, 6.45) is 1.62. The molecule has 132 valence electrons. The lowest BCUT2D eigenvalue weighted by atomic mass is 10.1. The van der Waals surface area contributed by atoms with Crippen molar-refractivity contribution < 1.29 is 9.18 Å². The van der Waals surface area contributed by atoms with Crippen molar-refractivity contribution in [2.45, 2.75) is 20.8 Å². The van der Waals surface area contributed by atoms with Gasteiger partial charge in [-0.25, -0.2) is 9.82 Å². The molecule has 4 nitrogen and oxygen atoms in total. The SMILES string of the molecule is Cc1ccc(C(=O)N/N=C\c2cc(C)n(-c3ccc(F)cc3)c2C)cc1. The minimum Gasteiger partial charge on any atom is -0.318 e. The second-order valence-corrected chi connectivity index (χ2v) is 6.20. The number of aromatic nitrogens is 1. The Kier molecular flexibility index (Phi) is 4.98. The third-order valence-corrected chi connectivity index (χ3v) is 4.24. The standard InChI is InChI=1S/C21H20FN3O/c1-14-4-6-17(7-5-14)21(26)24-23-13-18-12-15(2)25(16(18)3)20-10-8-19(22)9-11-20/h4-13H,1-3H3,(H,24,26)/b23-13-. The zero-order valence-electron chi connectivity index (χ0n) is 15.0. The molecule has 3 aromatic rings. The van der Waals surface area contributed by atoms with E-state index < -0.39 is 0 Å². The maximum absolute atomic E-state index is 13.1. The summed E-state index contributed by atoms with van der Waals surface area (Å²) in [7, 11) is 0. The van der Waals surface area contributed by atoms with Crippen molar-refractivity contribution in [2.75, 3.05) is 0 Å². The lowest BCUT2D eigenvalue weighted by Crippen LogP contribution is -2.17. The van der Waals surface area contributed by atoms with Gasteiger partial charge in [-0.2, -0.15) is 5.10 Å². The van der Waals surface area contributed by atoms with Gasteiger partial charge in [0, 0.05) is 28.2 Å². The highest BCUT2D eigenvalue weighted by Gasteiger charge is 2.10. The van der Waals surface area contributed by atoms with E-state index in [2.05, 4.69) is 10.5 Å². The van der Waals surface area contributed by atoms with Crippen LogP contribution in [0.1, 0.15) is 32.9 Å². The number of nitrogens with zero attached hydrogens (tertiary/aromatic N) is 2. The van der Waals surface area contributed by atoms with E-state index in [4.69, 9.17) is 0 Å². The van der Waals surface area contributed by atoms with Crippen molar-refractivity contribution in [1.29, 1.82) is 0 Å². The summed E-state index contributed by atoms with van der Waals surface area (Å²) in [6, 6.07) is 15.6. The van der Waals surface area contributed by atoms with Crippen LogP contribution in [-0.2, 0) is 0 Å². The number of amides is 1. The highest BCUT2D eigenvalue weighted by atomic mass is 19.1. The molecule has 1 N–H and O–H groups in total. The van der Waals surface area contributed by atoms with Gasteiger partial charge in [0.2, 0.25) is 0 Å². The first-order valence-corrected chi connectivity index (χ1v) is 8.30. The third kappa shape index (κ3) is 3.72. The average Bonchev–Trinajstić information content (AvgIpc) is 2.90. The number of benzene rings is 2. The molecule has 0 unspecified atom stereocenters. The number of hydrogen-bond acceptors (Lipinski definition) is 2. The van der Waals surface area contributed by atoms with Crippen LogP contribution in [-0.4, -0.2) is 16.7 Å². The Morgan fingerprint density at radius 3 is 2.35 bits per heavy atom. The molecule has 0 saturated carbocycles. The first-order chi connectivity index (χ1) is 12.5. The predicted octanol–water partition coefficient (Wildman–Crippen LogP) is 4.31. The van der Waals surface area contributed by atoms with Gasteiger partial charge in [0.05, 0.1) is 6.21 Å². The second-order valence-electron chi connectivity index (χ2n) is 6.20. The smallest absolute Gasteiger partial charge is 0.271 e. The van der Waals surface area contributed by atoms with E-state index in [0.717, 1.165) is 28.2 Å². The van der Waals surface area contributed by atoms with Gasteiger partial charge in [-0.1, -0.05) is 17.7 Å². The largest absolute Gasteiger partial charge is 0.318 e. The maximum Gasteiger partial charge on any atom is 0.271 e. The van der Waals surface area contributed by atoms with E-state index in [1.54, 1.807) is 30.5 Å². The van der Waals surface area contributed by atoms with Gasteiger partial charge in [-0.3, -0.25) is 4.79 Å². The Labute approximate surface area is 152 Å². The highest BCUT2D eigenvalue weighted by molar-refractivity contribution is 5.95. The molecule has 0 atom stereocenters. The molecular formula is C21H20FN3O. The molecule has 0 spiro atoms. The molecule has 0 bridgehead atoms. The van der Waals surface area contributed by atoms with Gasteiger partial charge in [0.1, 0.15) is 5.82 Å². The first kappa shape index (κ1) is 17.6. The Morgan fingerprint density at radius 2 is 1.69 bits per heavy atom. The Bertz CT molecular complexity index is 954. The lowest BCUT2D eigenvalue weighted by Gasteiger charge is -2.09. The zero-order chi connectivity index (χ0) is 18.7. The Morgan fingerprint density at radius 1 is 1.04 bits per heavy atom. The average molecular weight is 349 g/mol. The van der Waals surface area contributed by atoms with Crippen LogP contribution in [0.3, 0.4) is 0 Å². The summed E-state index contributed by atoms with van der Waals surface area (Å²) in [5.41, 5.74) is 7.92. The maximum atomic E-state index is 13.1. The van der Waals surface area contributed by atoms with Crippen LogP contribution in [0.4, 0.5) is 4.39 Å². The molecule has 0 aliphatic carbocycles. The summed E-state index contributed by atoms with van der Waals surface area (Å²) >= 11 is 0. The molecule has 26 heavy (non-hydrogen) atoms. The number of hydrogen-bond donors (Lipinski definition) is 1. The molecule has 0 fully saturated rings. The van der Waals surface area contributed by atoms with Crippen molar-refractivity contribution in [2.24, 2.45) is 5.10 Å². The molecule has 0 radical (unpaired) electrons. The van der Waals surface area contributed by atoms with Crippen LogP contribution >= 0.6 is 0 Å². The number of halogens is 1. The van der Waals surface area contributed by atoms with Crippen molar-refractivity contribution >= 4 is 12.1 Å². The van der Waals surface area contributed by atoms with E-state index in [1.165, 1.54) is 12.1 Å². The van der Waals surface area contributed by atoms with Crippen LogP contribution in [0.2, 0.25) is 0 Å². The Hall–Kier alpha value is -3.21. The van der Waals surface area contributed by atoms with Gasteiger partial charge >= 0.3 is 0 Å². The number of carbonyl (C=O) groups excluding carboxylic acids is 1. The molecule has 1 amide bonds. The van der Waals surface area contributed by atoms with Crippen LogP contribution in [0.25, 0.3) is 5.69 Å². The number of carbonyl (C=O) groups is 1. The topological polar surface area (TPSA) is 46.4 Å². The van der Waals surface area contributed by atoms with Crippen LogP contribution in [0.5, 0.6) is 0 Å². The van der Waals surface area contributed by atoms with E-state index in [9.17, 15) is 9.18 Å². The zero-order valence-corrected chi connectivity index (χ0v) is 15.0. The summed E-state index contributed by atoms with van der Waals surface area (Å²) < 4.78 is 15.2. The molecule has 5 heteroatoms. The summed E-state index contributed by atoms with van der Waals surface area (Å²) in [5.74, 6) is -0.523. The highest BCUT2D eigenvalue weighted by Crippen LogP contribution is 2.20. The van der Waals surface area contributed by atoms with Gasteiger partial charge < -0.3 is 4.57 Å². The van der Waals surface area contributed by atoms with E-state index in [-0.39, 0.29) is 11.7 Å². The molecule has 1 heterocycles. The van der Waals surface area contributed by atoms with Gasteiger partial charge in [0.15, 0.2) is 0 Å². The lowest BCUT2D eigenvalue weighted by molar-refractivity contribution is 0.0955. The van der Waals surface area contributed by atoms with E-state index in [1.807, 2.05) is 43.5 Å². The Balaban J connectivity index is 1.77. The summed E-state index contributed by atoms with van der Waals surface area (Å²) in [4.78, 5) is 12.1. The normalized spacial score (nSPS) is 11.1. The van der Waals surface area contributed by atoms with Crippen LogP contribution < -0.4 is 5.43 Å². The molecule has 0 aliphatic rings. The molecule has 0 aliphatic heterocycles. The van der Waals surface area contributed by atoms with E-state index in [0.29, 0.717) is 5.56 Å². The predicted molar refractivity (Wildman–Crippen MR) is 101 cm³/mol. The molecule has 1 aromatic heterocycles. The quantitative estimate of drug-likeness (QED) is 0.554. The van der Waals surface area contributed by atoms with Gasteiger partial charge in [-0.05, 0) is 63.2 Å². The molecule has 2 aromatic carbocycles. The summed E-state index contributed by atoms with van der Waals surface area (Å²) in [5, 5.41) is 4.07. The van der Waals surface area contributed by atoms with Crippen molar-refractivity contribution in [3.05, 3.63) is 88.5 Å². The van der Waals surface area contributed by atoms with Crippen molar-refractivity contribution in [3.8, 4) is 5.69 Å². The minimum absolute atomic E-state index is 0.256. The van der Waals surface area contributed by atoms with Crippen LogP contribution in [0, 0.1) is 26.6 Å². The van der Waals surface area contributed by atoms with Crippen molar-refractivity contribution in [3.63, 3.8) is 0 Å². The van der Waals surface area contributed by atoms with E-state index >= 15 is 0 Å². The van der Waals surface area contributed by atoms with Crippen LogP contribution in [0.15, 0.2) is 59.7 Å². The minimum atomic E-state index is -0.267. The monoisotopic (exact) mass is 349 g/mol. The number of nitrogens with one attached hydrogen (secondary N) is 1. The fraction of sp³-hybridized carbons (Fsp3) is 0.143. The third-order valence-electron chi connectivity index (χ3n) is 4.24. The second kappa shape index (κ2) is 7.35. The van der Waals surface area contributed by atoms with Gasteiger partial charge in [-0.15, -0.1) is 0 Å². The fourth-order valence-corrected chi connectivity index (χ4v) is 2.84. The van der Waals surface area contributed by atoms with Crippen molar-refractivity contribution in [1.82, 2.24) is 9.99 Å².